The highest BCUT2D eigenvalue weighted by atomic mass is 19.1. The van der Waals surface area contributed by atoms with Crippen LogP contribution in [0.2, 0.25) is 0 Å². The molecule has 3 heteroatoms. The van der Waals surface area contributed by atoms with Gasteiger partial charge in [-0.3, -0.25) is 0 Å². The summed E-state index contributed by atoms with van der Waals surface area (Å²) < 4.78 is 14.0. The maximum absolute atomic E-state index is 12.3. The van der Waals surface area contributed by atoms with Gasteiger partial charge in [-0.25, -0.2) is 9.37 Å². The molecule has 1 heterocycles. The van der Waals surface area contributed by atoms with Gasteiger partial charge in [-0.15, -0.1) is 6.42 Å². The lowest BCUT2D eigenvalue weighted by molar-refractivity contribution is 0.448. The first kappa shape index (κ1) is 8.76. The molecule has 2 rings (SSSR count). The number of hydrogen-bond acceptors (Lipinski definition) is 1. The van der Waals surface area contributed by atoms with Gasteiger partial charge in [-0.2, -0.15) is 0 Å². The Morgan fingerprint density at radius 2 is 2.21 bits per heavy atom. The van der Waals surface area contributed by atoms with Crippen LogP contribution in [0.1, 0.15) is 5.82 Å². The molecular formula is C11H9FN2. The molecule has 0 amide bonds. The second-order valence-electron chi connectivity index (χ2n) is 2.91. The lowest BCUT2D eigenvalue weighted by Gasteiger charge is -2.01. The van der Waals surface area contributed by atoms with Crippen molar-refractivity contribution in [1.82, 2.24) is 9.55 Å². The van der Waals surface area contributed by atoms with Crippen molar-refractivity contribution in [2.45, 2.75) is 6.54 Å². The van der Waals surface area contributed by atoms with Crippen molar-refractivity contribution in [3.63, 3.8) is 0 Å². The van der Waals surface area contributed by atoms with Crippen LogP contribution < -0.4 is 0 Å². The highest BCUT2D eigenvalue weighted by Gasteiger charge is 2.06. The number of rotatable bonds is 2. The SMILES string of the molecule is C#Cc1nc2ccccc2n1CCF. The second-order valence-corrected chi connectivity index (χ2v) is 2.91. The molecule has 70 valence electrons. The van der Waals surface area contributed by atoms with Crippen LogP contribution in [-0.2, 0) is 6.54 Å². The number of imidazole rings is 1. The van der Waals surface area contributed by atoms with Crippen LogP contribution in [0.15, 0.2) is 24.3 Å². The van der Waals surface area contributed by atoms with E-state index in [-0.39, 0.29) is 6.54 Å². The van der Waals surface area contributed by atoms with Crippen LogP contribution in [0, 0.1) is 12.3 Å². The molecule has 14 heavy (non-hydrogen) atoms. The van der Waals surface area contributed by atoms with Crippen LogP contribution in [0.25, 0.3) is 11.0 Å². The summed E-state index contributed by atoms with van der Waals surface area (Å²) >= 11 is 0. The maximum atomic E-state index is 12.3. The van der Waals surface area contributed by atoms with E-state index >= 15 is 0 Å². The molecule has 0 aliphatic heterocycles. The first-order valence-corrected chi connectivity index (χ1v) is 4.34. The fraction of sp³-hybridized carbons (Fsp3) is 0.182. The molecule has 0 N–H and O–H groups in total. The van der Waals surface area contributed by atoms with E-state index < -0.39 is 6.67 Å². The van der Waals surface area contributed by atoms with Gasteiger partial charge in [0.25, 0.3) is 0 Å². The average molecular weight is 188 g/mol. The van der Waals surface area contributed by atoms with E-state index in [1.807, 2.05) is 24.3 Å². The summed E-state index contributed by atoms with van der Waals surface area (Å²) in [6.45, 7) is -0.172. The van der Waals surface area contributed by atoms with Crippen molar-refractivity contribution < 1.29 is 4.39 Å². The average Bonchev–Trinajstić information content (AvgIpc) is 2.58. The minimum atomic E-state index is -0.435. The Kier molecular flexibility index (Phi) is 2.19. The Hall–Kier alpha value is -1.82. The van der Waals surface area contributed by atoms with Gasteiger partial charge in [0.1, 0.15) is 6.67 Å². The monoisotopic (exact) mass is 188 g/mol. The van der Waals surface area contributed by atoms with Crippen molar-refractivity contribution in [3.05, 3.63) is 30.1 Å². The summed E-state index contributed by atoms with van der Waals surface area (Å²) in [5.41, 5.74) is 1.70. The molecule has 0 aliphatic rings. The molecule has 0 unspecified atom stereocenters. The summed E-state index contributed by atoms with van der Waals surface area (Å²) in [4.78, 5) is 4.21. The molecule has 0 spiro atoms. The summed E-state index contributed by atoms with van der Waals surface area (Å²) in [5.74, 6) is 2.94. The number of nitrogens with zero attached hydrogens (tertiary/aromatic N) is 2. The number of alkyl halides is 1. The van der Waals surface area contributed by atoms with E-state index in [9.17, 15) is 4.39 Å². The van der Waals surface area contributed by atoms with E-state index in [4.69, 9.17) is 6.42 Å². The third-order valence-electron chi connectivity index (χ3n) is 2.09. The van der Waals surface area contributed by atoms with Crippen LogP contribution in [-0.4, -0.2) is 16.2 Å². The highest BCUT2D eigenvalue weighted by Crippen LogP contribution is 2.15. The van der Waals surface area contributed by atoms with Crippen molar-refractivity contribution in [1.29, 1.82) is 0 Å². The van der Waals surface area contributed by atoms with Crippen molar-refractivity contribution in [2.24, 2.45) is 0 Å². The third-order valence-corrected chi connectivity index (χ3v) is 2.09. The molecule has 0 fully saturated rings. The minimum absolute atomic E-state index is 0.264. The predicted molar refractivity (Wildman–Crippen MR) is 53.6 cm³/mol. The van der Waals surface area contributed by atoms with Crippen LogP contribution >= 0.6 is 0 Å². The first-order valence-electron chi connectivity index (χ1n) is 4.34. The van der Waals surface area contributed by atoms with Gasteiger partial charge >= 0.3 is 0 Å². The number of aryl methyl sites for hydroxylation is 1. The number of aromatic nitrogens is 2. The number of para-hydroxylation sites is 2. The largest absolute Gasteiger partial charge is 0.315 e. The van der Waals surface area contributed by atoms with Crippen molar-refractivity contribution in [2.75, 3.05) is 6.67 Å². The number of terminal acetylenes is 1. The molecule has 2 nitrogen and oxygen atoms in total. The van der Waals surface area contributed by atoms with Gasteiger partial charge in [0, 0.05) is 0 Å². The fourth-order valence-corrected chi connectivity index (χ4v) is 1.50. The van der Waals surface area contributed by atoms with Gasteiger partial charge in [0.2, 0.25) is 0 Å². The maximum Gasteiger partial charge on any atom is 0.186 e. The number of halogens is 1. The fourth-order valence-electron chi connectivity index (χ4n) is 1.50. The highest BCUT2D eigenvalue weighted by molar-refractivity contribution is 5.76. The van der Waals surface area contributed by atoms with Gasteiger partial charge in [0.05, 0.1) is 17.6 Å². The normalized spacial score (nSPS) is 10.3. The Labute approximate surface area is 81.4 Å². The van der Waals surface area contributed by atoms with Gasteiger partial charge < -0.3 is 4.57 Å². The van der Waals surface area contributed by atoms with Crippen LogP contribution in [0.4, 0.5) is 4.39 Å². The molecule has 0 saturated heterocycles. The van der Waals surface area contributed by atoms with E-state index in [0.717, 1.165) is 11.0 Å². The van der Waals surface area contributed by atoms with E-state index in [1.165, 1.54) is 0 Å². The van der Waals surface area contributed by atoms with E-state index in [2.05, 4.69) is 10.9 Å². The summed E-state index contributed by atoms with van der Waals surface area (Å²) in [7, 11) is 0. The Bertz CT molecular complexity index is 493. The number of fused-ring (bicyclic) bond motifs is 1. The van der Waals surface area contributed by atoms with Crippen molar-refractivity contribution >= 4 is 11.0 Å². The zero-order chi connectivity index (χ0) is 9.97. The van der Waals surface area contributed by atoms with Crippen LogP contribution in [0.5, 0.6) is 0 Å². The van der Waals surface area contributed by atoms with Gasteiger partial charge in [-0.1, -0.05) is 12.1 Å². The number of benzene rings is 1. The quantitative estimate of drug-likeness (QED) is 0.659. The van der Waals surface area contributed by atoms with Crippen molar-refractivity contribution in [3.8, 4) is 12.3 Å². The van der Waals surface area contributed by atoms with Gasteiger partial charge in [-0.05, 0) is 18.1 Å². The topological polar surface area (TPSA) is 17.8 Å². The molecule has 1 aromatic heterocycles. The smallest absolute Gasteiger partial charge is 0.186 e. The zero-order valence-corrected chi connectivity index (χ0v) is 7.57. The Morgan fingerprint density at radius 1 is 1.43 bits per heavy atom. The first-order chi connectivity index (χ1) is 6.86. The predicted octanol–water partition coefficient (Wildman–Crippen LogP) is 1.99. The molecule has 0 bridgehead atoms. The summed E-state index contributed by atoms with van der Waals surface area (Å²) in [5, 5.41) is 0. The number of hydrogen-bond donors (Lipinski definition) is 0. The summed E-state index contributed by atoms with van der Waals surface area (Å²) in [6, 6.07) is 7.53. The van der Waals surface area contributed by atoms with Crippen LogP contribution in [0.3, 0.4) is 0 Å². The molecule has 0 radical (unpaired) electrons. The molecule has 0 atom stereocenters. The summed E-state index contributed by atoms with van der Waals surface area (Å²) in [6.07, 6.45) is 5.29. The molecule has 0 aliphatic carbocycles. The third kappa shape index (κ3) is 1.25. The zero-order valence-electron chi connectivity index (χ0n) is 7.57. The Balaban J connectivity index is 2.69. The standard InChI is InChI=1S/C11H9FN2/c1-2-11-13-9-5-3-4-6-10(9)14(11)8-7-12/h1,3-6H,7-8H2. The molecule has 0 saturated carbocycles. The molecule has 2 aromatic rings. The molecule has 1 aromatic carbocycles. The van der Waals surface area contributed by atoms with E-state index in [1.54, 1.807) is 4.57 Å². The second kappa shape index (κ2) is 3.51. The van der Waals surface area contributed by atoms with Gasteiger partial charge in [0.15, 0.2) is 5.82 Å². The lowest BCUT2D eigenvalue weighted by Crippen LogP contribution is -2.02. The van der Waals surface area contributed by atoms with E-state index in [0.29, 0.717) is 5.82 Å². The minimum Gasteiger partial charge on any atom is -0.315 e. The Morgan fingerprint density at radius 3 is 2.93 bits per heavy atom. The lowest BCUT2D eigenvalue weighted by atomic mass is 10.3. The molecular weight excluding hydrogens is 179 g/mol.